The highest BCUT2D eigenvalue weighted by atomic mass is 15.4. The van der Waals surface area contributed by atoms with Crippen molar-refractivity contribution in [3.05, 3.63) is 11.3 Å². The number of rotatable bonds is 5. The van der Waals surface area contributed by atoms with E-state index in [0.717, 1.165) is 12.6 Å². The summed E-state index contributed by atoms with van der Waals surface area (Å²) in [6, 6.07) is 1.44. The molecule has 0 spiro atoms. The minimum atomic E-state index is 0.682. The van der Waals surface area contributed by atoms with E-state index < -0.39 is 0 Å². The first kappa shape index (κ1) is 14.9. The van der Waals surface area contributed by atoms with Gasteiger partial charge in [0.15, 0.2) is 0 Å². The molecule has 1 atom stereocenters. The highest BCUT2D eigenvalue weighted by Crippen LogP contribution is 2.31. The summed E-state index contributed by atoms with van der Waals surface area (Å²) in [5.74, 6) is 1.37. The molecule has 4 nitrogen and oxygen atoms in total. The minimum Gasteiger partial charge on any atom is -0.354 e. The molecule has 1 saturated heterocycles. The maximum absolute atomic E-state index is 4.72. The molecular formula is C17H30N4. The average Bonchev–Trinajstić information content (AvgIpc) is 3.26. The van der Waals surface area contributed by atoms with Crippen LogP contribution in [0.3, 0.4) is 0 Å². The van der Waals surface area contributed by atoms with E-state index in [9.17, 15) is 0 Å². The predicted octanol–water partition coefficient (Wildman–Crippen LogP) is 3.14. The fraction of sp³-hybridized carbons (Fsp3) is 0.824. The Morgan fingerprint density at radius 2 is 2.00 bits per heavy atom. The number of nitrogens with zero attached hydrogens (tertiary/aromatic N) is 3. The Morgan fingerprint density at radius 3 is 2.71 bits per heavy atom. The van der Waals surface area contributed by atoms with Gasteiger partial charge in [-0.1, -0.05) is 19.8 Å². The molecule has 2 fully saturated rings. The fourth-order valence-electron chi connectivity index (χ4n) is 3.67. The lowest BCUT2D eigenvalue weighted by atomic mass is 10.1. The summed E-state index contributed by atoms with van der Waals surface area (Å²) in [5, 5.41) is 8.39. The molecule has 1 N–H and O–H groups in total. The van der Waals surface area contributed by atoms with Crippen molar-refractivity contribution >= 4 is 5.82 Å². The second-order valence-corrected chi connectivity index (χ2v) is 6.77. The quantitative estimate of drug-likeness (QED) is 0.904. The zero-order valence-corrected chi connectivity index (χ0v) is 13.9. The third-order valence-corrected chi connectivity index (χ3v) is 5.08. The van der Waals surface area contributed by atoms with E-state index in [1.165, 1.54) is 68.6 Å². The molecule has 1 unspecified atom stereocenters. The first-order valence-electron chi connectivity index (χ1n) is 8.73. The van der Waals surface area contributed by atoms with Crippen molar-refractivity contribution in [1.29, 1.82) is 0 Å². The molecule has 21 heavy (non-hydrogen) atoms. The van der Waals surface area contributed by atoms with Gasteiger partial charge in [-0.05, 0) is 39.0 Å². The van der Waals surface area contributed by atoms with Crippen molar-refractivity contribution < 1.29 is 0 Å². The highest BCUT2D eigenvalue weighted by Gasteiger charge is 2.27. The van der Waals surface area contributed by atoms with Crippen molar-refractivity contribution in [2.75, 3.05) is 11.4 Å². The van der Waals surface area contributed by atoms with Gasteiger partial charge in [0.25, 0.3) is 0 Å². The molecule has 1 aromatic heterocycles. The van der Waals surface area contributed by atoms with Crippen LogP contribution in [-0.4, -0.2) is 28.4 Å². The second-order valence-electron chi connectivity index (χ2n) is 6.77. The maximum Gasteiger partial charge on any atom is 0.131 e. The van der Waals surface area contributed by atoms with Crippen LogP contribution in [0, 0.1) is 6.92 Å². The van der Waals surface area contributed by atoms with Crippen LogP contribution < -0.4 is 10.2 Å². The SMILES string of the molecule is CCC1CCCCCN1c1c(CNC2CC2)c(C)nn1C. The molecule has 1 aromatic rings. The van der Waals surface area contributed by atoms with Gasteiger partial charge >= 0.3 is 0 Å². The Kier molecular flexibility index (Phi) is 4.53. The monoisotopic (exact) mass is 290 g/mol. The molecule has 3 rings (SSSR count). The molecule has 1 aliphatic heterocycles. The number of nitrogens with one attached hydrogen (secondary N) is 1. The molecule has 2 heterocycles. The summed E-state index contributed by atoms with van der Waals surface area (Å²) in [5.41, 5.74) is 2.62. The van der Waals surface area contributed by atoms with Crippen LogP contribution in [0.25, 0.3) is 0 Å². The molecule has 4 heteroatoms. The van der Waals surface area contributed by atoms with E-state index in [0.29, 0.717) is 6.04 Å². The van der Waals surface area contributed by atoms with E-state index in [1.807, 2.05) is 0 Å². The van der Waals surface area contributed by atoms with Crippen LogP contribution in [0.5, 0.6) is 0 Å². The van der Waals surface area contributed by atoms with Gasteiger partial charge < -0.3 is 10.2 Å². The second kappa shape index (κ2) is 6.39. The number of aromatic nitrogens is 2. The first-order chi connectivity index (χ1) is 10.2. The van der Waals surface area contributed by atoms with Gasteiger partial charge in [-0.3, -0.25) is 4.68 Å². The van der Waals surface area contributed by atoms with Crippen LogP contribution in [0.15, 0.2) is 0 Å². The average molecular weight is 290 g/mol. The summed E-state index contributed by atoms with van der Waals surface area (Å²) in [7, 11) is 2.11. The summed E-state index contributed by atoms with van der Waals surface area (Å²) in [6.45, 7) is 6.65. The van der Waals surface area contributed by atoms with Crippen LogP contribution >= 0.6 is 0 Å². The third-order valence-electron chi connectivity index (χ3n) is 5.08. The zero-order valence-electron chi connectivity index (χ0n) is 13.9. The molecule has 0 aromatic carbocycles. The standard InChI is InChI=1S/C17H30N4/c1-4-15-8-6-5-7-11-21(15)17-16(12-18-14-9-10-14)13(2)19-20(17)3/h14-15,18H,4-12H2,1-3H3. The maximum atomic E-state index is 4.72. The Labute approximate surface area is 128 Å². The largest absolute Gasteiger partial charge is 0.354 e. The van der Waals surface area contributed by atoms with E-state index in [1.54, 1.807) is 0 Å². The van der Waals surface area contributed by atoms with E-state index >= 15 is 0 Å². The number of anilines is 1. The van der Waals surface area contributed by atoms with Crippen molar-refractivity contribution in [3.8, 4) is 0 Å². The highest BCUT2D eigenvalue weighted by molar-refractivity contribution is 5.51. The van der Waals surface area contributed by atoms with Crippen LogP contribution in [0.4, 0.5) is 5.82 Å². The van der Waals surface area contributed by atoms with E-state index in [2.05, 4.69) is 35.8 Å². The molecule has 0 radical (unpaired) electrons. The van der Waals surface area contributed by atoms with Gasteiger partial charge in [0.1, 0.15) is 5.82 Å². The molecule has 118 valence electrons. The molecule has 0 amide bonds. The Bertz CT molecular complexity index is 475. The fourth-order valence-corrected chi connectivity index (χ4v) is 3.67. The summed E-state index contributed by atoms with van der Waals surface area (Å²) in [6.07, 6.45) is 9.32. The zero-order chi connectivity index (χ0) is 14.8. The summed E-state index contributed by atoms with van der Waals surface area (Å²) >= 11 is 0. The minimum absolute atomic E-state index is 0.682. The van der Waals surface area contributed by atoms with E-state index in [4.69, 9.17) is 5.10 Å². The molecule has 2 aliphatic rings. The Balaban J connectivity index is 1.86. The van der Waals surface area contributed by atoms with Crippen molar-refractivity contribution in [2.24, 2.45) is 7.05 Å². The molecule has 1 saturated carbocycles. The third kappa shape index (κ3) is 3.25. The van der Waals surface area contributed by atoms with Crippen molar-refractivity contribution in [2.45, 2.75) is 77.4 Å². The molecular weight excluding hydrogens is 260 g/mol. The molecule has 0 bridgehead atoms. The predicted molar refractivity (Wildman–Crippen MR) is 87.7 cm³/mol. The topological polar surface area (TPSA) is 33.1 Å². The van der Waals surface area contributed by atoms with Gasteiger partial charge in [0, 0.05) is 37.8 Å². The van der Waals surface area contributed by atoms with Gasteiger partial charge in [0.2, 0.25) is 0 Å². The van der Waals surface area contributed by atoms with Gasteiger partial charge in [-0.15, -0.1) is 0 Å². The normalized spacial score (nSPS) is 23.4. The summed E-state index contributed by atoms with van der Waals surface area (Å²) < 4.78 is 2.12. The lowest BCUT2D eigenvalue weighted by Crippen LogP contribution is -2.36. The lowest BCUT2D eigenvalue weighted by Gasteiger charge is -2.32. The van der Waals surface area contributed by atoms with Gasteiger partial charge in [0.05, 0.1) is 5.69 Å². The lowest BCUT2D eigenvalue weighted by molar-refractivity contribution is 0.539. The number of aryl methyl sites for hydroxylation is 2. The Morgan fingerprint density at radius 1 is 1.19 bits per heavy atom. The van der Waals surface area contributed by atoms with Crippen molar-refractivity contribution in [1.82, 2.24) is 15.1 Å². The van der Waals surface area contributed by atoms with Crippen molar-refractivity contribution in [3.63, 3.8) is 0 Å². The van der Waals surface area contributed by atoms with Crippen LogP contribution in [0.1, 0.15) is 63.1 Å². The molecule has 1 aliphatic carbocycles. The first-order valence-corrected chi connectivity index (χ1v) is 8.73. The summed E-state index contributed by atoms with van der Waals surface area (Å²) in [4.78, 5) is 2.65. The van der Waals surface area contributed by atoms with Gasteiger partial charge in [-0.2, -0.15) is 5.10 Å². The van der Waals surface area contributed by atoms with Gasteiger partial charge in [-0.25, -0.2) is 0 Å². The van der Waals surface area contributed by atoms with E-state index in [-0.39, 0.29) is 0 Å². The smallest absolute Gasteiger partial charge is 0.131 e. The van der Waals surface area contributed by atoms with Crippen LogP contribution in [0.2, 0.25) is 0 Å². The Hall–Kier alpha value is -1.03. The van der Waals surface area contributed by atoms with Crippen LogP contribution in [-0.2, 0) is 13.6 Å². The number of hydrogen-bond acceptors (Lipinski definition) is 3. The number of hydrogen-bond donors (Lipinski definition) is 1.